The predicted molar refractivity (Wildman–Crippen MR) is 196 cm³/mol. The lowest BCUT2D eigenvalue weighted by molar-refractivity contribution is 1.29. The fraction of sp³-hybridized carbons (Fsp3) is 0. The fourth-order valence-electron chi connectivity index (χ4n) is 7.15. The number of fused-ring (bicyclic) bond motifs is 5. The van der Waals surface area contributed by atoms with Crippen molar-refractivity contribution in [3.05, 3.63) is 170 Å². The van der Waals surface area contributed by atoms with Crippen molar-refractivity contribution in [3.63, 3.8) is 0 Å². The monoisotopic (exact) mass is 589 g/mol. The Labute approximate surface area is 267 Å². The highest BCUT2D eigenvalue weighted by molar-refractivity contribution is 7.28. The molecule has 8 aromatic rings. The van der Waals surface area contributed by atoms with Crippen molar-refractivity contribution in [2.24, 2.45) is 0 Å². The summed E-state index contributed by atoms with van der Waals surface area (Å²) in [5, 5.41) is 2.65. The van der Waals surface area contributed by atoms with Gasteiger partial charge in [-0.1, -0.05) is 145 Å². The molecule has 9 rings (SSSR count). The van der Waals surface area contributed by atoms with Crippen molar-refractivity contribution in [2.75, 3.05) is 4.90 Å². The first-order valence-electron chi connectivity index (χ1n) is 15.5. The third kappa shape index (κ3) is 4.23. The second-order valence-electron chi connectivity index (χ2n) is 11.7. The lowest BCUT2D eigenvalue weighted by Crippen LogP contribution is -2.57. The summed E-state index contributed by atoms with van der Waals surface area (Å²) in [4.78, 5) is 2.42. The molecule has 0 radical (unpaired) electrons. The second-order valence-corrected chi connectivity index (χ2v) is 12.7. The molecule has 0 saturated heterocycles. The molecule has 0 atom stereocenters. The van der Waals surface area contributed by atoms with E-state index in [1.54, 1.807) is 0 Å². The minimum absolute atomic E-state index is 0.124. The van der Waals surface area contributed by atoms with E-state index in [0.717, 1.165) is 0 Å². The topological polar surface area (TPSA) is 3.24 Å². The molecule has 0 aliphatic carbocycles. The van der Waals surface area contributed by atoms with Gasteiger partial charge in [-0.3, -0.25) is 0 Å². The normalized spacial score (nSPS) is 12.4. The van der Waals surface area contributed by atoms with Gasteiger partial charge in [-0.2, -0.15) is 0 Å². The van der Waals surface area contributed by atoms with Crippen LogP contribution in [0.25, 0.3) is 42.4 Å². The second kappa shape index (κ2) is 10.7. The van der Waals surface area contributed by atoms with Crippen molar-refractivity contribution in [2.45, 2.75) is 0 Å². The van der Waals surface area contributed by atoms with Crippen LogP contribution in [0.15, 0.2) is 170 Å². The maximum atomic E-state index is 2.42. The van der Waals surface area contributed by atoms with Crippen LogP contribution in [-0.4, -0.2) is 6.71 Å². The highest BCUT2D eigenvalue weighted by atomic mass is 32.1. The summed E-state index contributed by atoms with van der Waals surface area (Å²) in [6, 6.07) is 61.9. The van der Waals surface area contributed by atoms with Crippen LogP contribution in [0.3, 0.4) is 0 Å². The Balaban J connectivity index is 1.25. The highest BCUT2D eigenvalue weighted by Crippen LogP contribution is 2.41. The number of anilines is 3. The molecule has 0 N–H and O–H groups in total. The van der Waals surface area contributed by atoms with Crippen LogP contribution in [0.5, 0.6) is 0 Å². The lowest BCUT2D eigenvalue weighted by atomic mass is 9.35. The Hall–Kier alpha value is -5.38. The average Bonchev–Trinajstić information content (AvgIpc) is 3.51. The zero-order chi connectivity index (χ0) is 29.7. The van der Waals surface area contributed by atoms with Gasteiger partial charge in [-0.05, 0) is 68.9 Å². The Morgan fingerprint density at radius 3 is 1.67 bits per heavy atom. The molecule has 1 nitrogen and oxygen atoms in total. The zero-order valence-electron chi connectivity index (χ0n) is 24.6. The van der Waals surface area contributed by atoms with Crippen LogP contribution in [0.4, 0.5) is 17.1 Å². The van der Waals surface area contributed by atoms with Crippen LogP contribution in [0.2, 0.25) is 0 Å². The van der Waals surface area contributed by atoms with Gasteiger partial charge in [0.1, 0.15) is 0 Å². The number of thiophene rings is 1. The van der Waals surface area contributed by atoms with Crippen molar-refractivity contribution >= 4 is 71.7 Å². The smallest absolute Gasteiger partial charge is 0.248 e. The maximum Gasteiger partial charge on any atom is 0.248 e. The summed E-state index contributed by atoms with van der Waals surface area (Å²) < 4.78 is 2.70. The molecule has 45 heavy (non-hydrogen) atoms. The Kier molecular flexibility index (Phi) is 6.17. The summed E-state index contributed by atoms with van der Waals surface area (Å²) >= 11 is 1.94. The molecule has 0 spiro atoms. The summed E-state index contributed by atoms with van der Waals surface area (Å²) in [5.41, 5.74) is 12.7. The Bertz CT molecular complexity index is 2290. The predicted octanol–water partition coefficient (Wildman–Crippen LogP) is 9.69. The highest BCUT2D eigenvalue weighted by Gasteiger charge is 2.36. The molecule has 210 valence electrons. The third-order valence-corrected chi connectivity index (χ3v) is 10.4. The number of para-hydroxylation sites is 3. The van der Waals surface area contributed by atoms with E-state index in [4.69, 9.17) is 0 Å². The van der Waals surface area contributed by atoms with Crippen LogP contribution in [-0.2, 0) is 0 Å². The molecule has 1 aliphatic rings. The van der Waals surface area contributed by atoms with Gasteiger partial charge in [-0.15, -0.1) is 11.3 Å². The molecule has 0 saturated carbocycles. The molecule has 7 aromatic carbocycles. The zero-order valence-corrected chi connectivity index (χ0v) is 25.4. The van der Waals surface area contributed by atoms with Crippen LogP contribution >= 0.6 is 11.3 Å². The van der Waals surface area contributed by atoms with Crippen molar-refractivity contribution in [1.82, 2.24) is 0 Å². The first-order valence-corrected chi connectivity index (χ1v) is 16.3. The van der Waals surface area contributed by atoms with Gasteiger partial charge in [0.15, 0.2) is 0 Å². The minimum atomic E-state index is 0.124. The molecule has 0 unspecified atom stereocenters. The van der Waals surface area contributed by atoms with E-state index in [1.165, 1.54) is 75.9 Å². The molecule has 1 aliphatic heterocycles. The summed E-state index contributed by atoms with van der Waals surface area (Å²) in [5.74, 6) is 0. The molecular formula is C42H28BNS. The minimum Gasteiger partial charge on any atom is -0.312 e. The van der Waals surface area contributed by atoms with E-state index in [2.05, 4.69) is 175 Å². The molecule has 0 fully saturated rings. The van der Waals surface area contributed by atoms with E-state index >= 15 is 0 Å². The molecule has 0 amide bonds. The first-order chi connectivity index (χ1) is 22.3. The lowest BCUT2D eigenvalue weighted by Gasteiger charge is -2.37. The molecule has 3 heteroatoms. The van der Waals surface area contributed by atoms with Gasteiger partial charge in [0.05, 0.1) is 0 Å². The van der Waals surface area contributed by atoms with Gasteiger partial charge >= 0.3 is 0 Å². The van der Waals surface area contributed by atoms with E-state index in [-0.39, 0.29) is 6.71 Å². The van der Waals surface area contributed by atoms with Crippen LogP contribution < -0.4 is 21.3 Å². The Morgan fingerprint density at radius 1 is 0.400 bits per heavy atom. The molecule has 2 heterocycles. The van der Waals surface area contributed by atoms with E-state index in [0.29, 0.717) is 0 Å². The van der Waals surface area contributed by atoms with Gasteiger partial charge in [0.2, 0.25) is 6.71 Å². The number of hydrogen-bond donors (Lipinski definition) is 0. The van der Waals surface area contributed by atoms with Gasteiger partial charge < -0.3 is 4.90 Å². The molecular weight excluding hydrogens is 561 g/mol. The number of benzene rings is 7. The first kappa shape index (κ1) is 26.1. The summed E-state index contributed by atoms with van der Waals surface area (Å²) in [6.45, 7) is 0.124. The number of rotatable bonds is 4. The maximum absolute atomic E-state index is 2.42. The van der Waals surface area contributed by atoms with E-state index in [1.807, 2.05) is 11.3 Å². The average molecular weight is 590 g/mol. The van der Waals surface area contributed by atoms with Gasteiger partial charge in [0.25, 0.3) is 0 Å². The van der Waals surface area contributed by atoms with Gasteiger partial charge in [-0.25, -0.2) is 0 Å². The van der Waals surface area contributed by atoms with E-state index < -0.39 is 0 Å². The quantitative estimate of drug-likeness (QED) is 0.185. The standard InChI is InChI=1S/C42H28BNS/c1-3-14-29(15-4-1)30-16-11-17-31(28-30)33-20-12-21-34-35-22-13-25-38(42(35)45-41(33)34)43-36-23-7-9-26-39(36)44(32-18-5-2-6-19-32)40-27-10-8-24-37(40)43/h1-28H. The number of nitrogens with zero attached hydrogens (tertiary/aromatic N) is 1. The Morgan fingerprint density at radius 2 is 0.933 bits per heavy atom. The van der Waals surface area contributed by atoms with Gasteiger partial charge in [0, 0.05) is 31.8 Å². The van der Waals surface area contributed by atoms with Crippen LogP contribution in [0.1, 0.15) is 0 Å². The summed E-state index contributed by atoms with van der Waals surface area (Å²) in [6.07, 6.45) is 0. The van der Waals surface area contributed by atoms with Crippen molar-refractivity contribution in [1.29, 1.82) is 0 Å². The largest absolute Gasteiger partial charge is 0.312 e. The van der Waals surface area contributed by atoms with E-state index in [9.17, 15) is 0 Å². The molecule has 0 bridgehead atoms. The summed E-state index contributed by atoms with van der Waals surface area (Å²) in [7, 11) is 0. The molecule has 1 aromatic heterocycles. The third-order valence-electron chi connectivity index (χ3n) is 9.14. The van der Waals surface area contributed by atoms with Crippen molar-refractivity contribution < 1.29 is 0 Å². The SMILES string of the molecule is c1ccc(-c2cccc(-c3cccc4c3sc3c(B5c6ccccc6N(c6ccccc6)c6ccccc65)cccc34)c2)cc1. The fourth-order valence-corrected chi connectivity index (χ4v) is 8.53. The number of hydrogen-bond acceptors (Lipinski definition) is 2. The van der Waals surface area contributed by atoms with Crippen molar-refractivity contribution in [3.8, 4) is 22.3 Å². The van der Waals surface area contributed by atoms with Crippen LogP contribution in [0, 0.1) is 0 Å².